The molecule has 0 saturated heterocycles. The van der Waals surface area contributed by atoms with Crippen LogP contribution in [0.2, 0.25) is 5.02 Å². The summed E-state index contributed by atoms with van der Waals surface area (Å²) in [6.07, 6.45) is 0. The number of nitrogens with one attached hydrogen (secondary N) is 1. The largest absolute Gasteiger partial charge is 0.497 e. The number of benzene rings is 2. The van der Waals surface area contributed by atoms with Gasteiger partial charge in [0.1, 0.15) is 5.75 Å². The fourth-order valence-electron chi connectivity index (χ4n) is 2.17. The summed E-state index contributed by atoms with van der Waals surface area (Å²) in [5, 5.41) is 4.24. The van der Waals surface area contributed by atoms with Crippen molar-refractivity contribution in [1.29, 1.82) is 0 Å². The lowest BCUT2D eigenvalue weighted by molar-refractivity contribution is 0.413. The Morgan fingerprint density at radius 2 is 1.95 bits per heavy atom. The Morgan fingerprint density at radius 3 is 2.60 bits per heavy atom. The molecule has 0 fully saturated rings. The molecular weight excluding hydrogens is 338 g/mol. The van der Waals surface area contributed by atoms with E-state index in [2.05, 4.69) is 28.2 Å². The van der Waals surface area contributed by atoms with Crippen LogP contribution in [0.1, 0.15) is 24.1 Å². The van der Waals surface area contributed by atoms with Crippen molar-refractivity contribution in [2.45, 2.75) is 13.0 Å². The van der Waals surface area contributed by atoms with Crippen LogP contribution in [0.15, 0.2) is 46.9 Å². The molecule has 20 heavy (non-hydrogen) atoms. The van der Waals surface area contributed by atoms with Crippen molar-refractivity contribution in [3.8, 4) is 5.75 Å². The highest BCUT2D eigenvalue weighted by atomic mass is 79.9. The zero-order valence-corrected chi connectivity index (χ0v) is 13.8. The Bertz CT molecular complexity index is 588. The second kappa shape index (κ2) is 7.11. The molecule has 2 rings (SSSR count). The SMILES string of the molecule is CCNC(c1ccccc1Cl)c1cc(OC)ccc1Br. The minimum absolute atomic E-state index is 0.0261. The number of ether oxygens (including phenoxy) is 1. The molecule has 0 aromatic heterocycles. The molecule has 1 unspecified atom stereocenters. The first kappa shape index (κ1) is 15.4. The van der Waals surface area contributed by atoms with Crippen LogP contribution in [-0.4, -0.2) is 13.7 Å². The molecule has 0 aliphatic carbocycles. The number of hydrogen-bond donors (Lipinski definition) is 1. The lowest BCUT2D eigenvalue weighted by Gasteiger charge is -2.22. The van der Waals surface area contributed by atoms with E-state index in [1.807, 2.05) is 42.5 Å². The summed E-state index contributed by atoms with van der Waals surface area (Å²) in [7, 11) is 1.67. The van der Waals surface area contributed by atoms with Crippen molar-refractivity contribution < 1.29 is 4.74 Å². The maximum atomic E-state index is 6.34. The summed E-state index contributed by atoms with van der Waals surface area (Å²) in [4.78, 5) is 0. The van der Waals surface area contributed by atoms with Gasteiger partial charge in [-0.05, 0) is 41.9 Å². The standard InChI is InChI=1S/C16H17BrClNO/c1-3-19-16(12-6-4-5-7-15(12)18)13-10-11(20-2)8-9-14(13)17/h4-10,16,19H,3H2,1-2H3. The molecular formula is C16H17BrClNO. The van der Waals surface area contributed by atoms with Crippen LogP contribution in [0.5, 0.6) is 5.75 Å². The molecule has 0 heterocycles. The van der Waals surface area contributed by atoms with E-state index in [0.29, 0.717) is 0 Å². The molecule has 0 aliphatic heterocycles. The zero-order chi connectivity index (χ0) is 14.5. The van der Waals surface area contributed by atoms with Crippen LogP contribution < -0.4 is 10.1 Å². The van der Waals surface area contributed by atoms with E-state index in [-0.39, 0.29) is 6.04 Å². The first-order chi connectivity index (χ1) is 9.67. The van der Waals surface area contributed by atoms with Gasteiger partial charge in [0, 0.05) is 9.50 Å². The zero-order valence-electron chi connectivity index (χ0n) is 11.5. The van der Waals surface area contributed by atoms with E-state index in [1.54, 1.807) is 7.11 Å². The molecule has 0 spiro atoms. The lowest BCUT2D eigenvalue weighted by Crippen LogP contribution is -2.22. The third kappa shape index (κ3) is 3.35. The smallest absolute Gasteiger partial charge is 0.119 e. The molecule has 2 aromatic carbocycles. The second-order valence-corrected chi connectivity index (χ2v) is 5.66. The Morgan fingerprint density at radius 1 is 1.20 bits per heavy atom. The summed E-state index contributed by atoms with van der Waals surface area (Å²) < 4.78 is 6.35. The van der Waals surface area contributed by atoms with Crippen molar-refractivity contribution >= 4 is 27.5 Å². The third-order valence-corrected chi connectivity index (χ3v) is 4.21. The predicted molar refractivity (Wildman–Crippen MR) is 87.7 cm³/mol. The highest BCUT2D eigenvalue weighted by Gasteiger charge is 2.18. The summed E-state index contributed by atoms with van der Waals surface area (Å²) in [6.45, 7) is 2.93. The van der Waals surface area contributed by atoms with E-state index in [9.17, 15) is 0 Å². The number of methoxy groups -OCH3 is 1. The van der Waals surface area contributed by atoms with Crippen molar-refractivity contribution in [2.75, 3.05) is 13.7 Å². The van der Waals surface area contributed by atoms with Gasteiger partial charge in [-0.15, -0.1) is 0 Å². The van der Waals surface area contributed by atoms with Crippen LogP contribution in [0.25, 0.3) is 0 Å². The Kier molecular flexibility index (Phi) is 5.46. The third-order valence-electron chi connectivity index (χ3n) is 3.14. The van der Waals surface area contributed by atoms with Crippen molar-refractivity contribution in [1.82, 2.24) is 5.32 Å². The topological polar surface area (TPSA) is 21.3 Å². The Balaban J connectivity index is 2.51. The minimum atomic E-state index is 0.0261. The van der Waals surface area contributed by atoms with Crippen LogP contribution >= 0.6 is 27.5 Å². The highest BCUT2D eigenvalue weighted by Crippen LogP contribution is 2.34. The normalized spacial score (nSPS) is 12.2. The van der Waals surface area contributed by atoms with Gasteiger partial charge in [0.2, 0.25) is 0 Å². The van der Waals surface area contributed by atoms with Crippen LogP contribution in [0.3, 0.4) is 0 Å². The molecule has 1 N–H and O–H groups in total. The monoisotopic (exact) mass is 353 g/mol. The minimum Gasteiger partial charge on any atom is -0.497 e. The summed E-state index contributed by atoms with van der Waals surface area (Å²) >= 11 is 9.96. The van der Waals surface area contributed by atoms with Gasteiger partial charge < -0.3 is 10.1 Å². The van der Waals surface area contributed by atoms with Gasteiger partial charge in [-0.3, -0.25) is 0 Å². The van der Waals surface area contributed by atoms with Crippen LogP contribution in [0.4, 0.5) is 0 Å². The van der Waals surface area contributed by atoms with Gasteiger partial charge in [0.25, 0.3) is 0 Å². The van der Waals surface area contributed by atoms with E-state index in [4.69, 9.17) is 16.3 Å². The predicted octanol–water partition coefficient (Wildman–Crippen LogP) is 4.81. The molecule has 2 aromatic rings. The Labute approximate surface area is 133 Å². The summed E-state index contributed by atoms with van der Waals surface area (Å²) in [5.74, 6) is 0.832. The number of hydrogen-bond acceptors (Lipinski definition) is 2. The maximum absolute atomic E-state index is 6.34. The molecule has 4 heteroatoms. The fourth-order valence-corrected chi connectivity index (χ4v) is 2.89. The Hall–Kier alpha value is -1.03. The van der Waals surface area contributed by atoms with Crippen molar-refractivity contribution in [3.63, 3.8) is 0 Å². The van der Waals surface area contributed by atoms with E-state index < -0.39 is 0 Å². The molecule has 1 atom stereocenters. The second-order valence-electron chi connectivity index (χ2n) is 4.40. The molecule has 0 saturated carbocycles. The summed E-state index contributed by atoms with van der Waals surface area (Å²) in [6, 6.07) is 13.9. The van der Waals surface area contributed by atoms with Crippen LogP contribution in [0, 0.1) is 0 Å². The van der Waals surface area contributed by atoms with Gasteiger partial charge in [0.15, 0.2) is 0 Å². The highest BCUT2D eigenvalue weighted by molar-refractivity contribution is 9.10. The van der Waals surface area contributed by atoms with Crippen LogP contribution in [-0.2, 0) is 0 Å². The quantitative estimate of drug-likeness (QED) is 0.832. The fraction of sp³-hybridized carbons (Fsp3) is 0.250. The van der Waals surface area contributed by atoms with Crippen molar-refractivity contribution in [3.05, 3.63) is 63.1 Å². The van der Waals surface area contributed by atoms with Gasteiger partial charge in [0.05, 0.1) is 13.2 Å². The first-order valence-corrected chi connectivity index (χ1v) is 7.65. The van der Waals surface area contributed by atoms with Gasteiger partial charge in [-0.25, -0.2) is 0 Å². The molecule has 0 aliphatic rings. The average molecular weight is 355 g/mol. The maximum Gasteiger partial charge on any atom is 0.119 e. The molecule has 2 nitrogen and oxygen atoms in total. The first-order valence-electron chi connectivity index (χ1n) is 6.48. The van der Waals surface area contributed by atoms with Gasteiger partial charge in [-0.1, -0.05) is 52.7 Å². The molecule has 0 amide bonds. The van der Waals surface area contributed by atoms with Crippen molar-refractivity contribution in [2.24, 2.45) is 0 Å². The molecule has 0 bridgehead atoms. The molecule has 0 radical (unpaired) electrons. The molecule has 106 valence electrons. The summed E-state index contributed by atoms with van der Waals surface area (Å²) in [5.41, 5.74) is 2.17. The number of rotatable bonds is 5. The van der Waals surface area contributed by atoms with E-state index in [0.717, 1.165) is 32.9 Å². The van der Waals surface area contributed by atoms with E-state index >= 15 is 0 Å². The van der Waals surface area contributed by atoms with Gasteiger partial charge in [-0.2, -0.15) is 0 Å². The number of halogens is 2. The average Bonchev–Trinajstić information content (AvgIpc) is 2.47. The van der Waals surface area contributed by atoms with Gasteiger partial charge >= 0.3 is 0 Å². The lowest BCUT2D eigenvalue weighted by atomic mass is 9.98. The van der Waals surface area contributed by atoms with E-state index in [1.165, 1.54) is 0 Å².